The van der Waals surface area contributed by atoms with Gasteiger partial charge in [-0.25, -0.2) is 15.0 Å². The summed E-state index contributed by atoms with van der Waals surface area (Å²) < 4.78 is 0. The SMILES string of the molecule is CCCC(=O)c1cccc(C2=C(c3cnc4[nH]cc(C(=O)C(C)(C)C)c4n3)CCC2)n1. The second-order valence-corrected chi connectivity index (χ2v) is 9.13. The Morgan fingerprint density at radius 3 is 2.52 bits per heavy atom. The summed E-state index contributed by atoms with van der Waals surface area (Å²) in [6, 6.07) is 5.64. The maximum Gasteiger partial charge on any atom is 0.181 e. The predicted octanol–water partition coefficient (Wildman–Crippen LogP) is 5.66. The Labute approximate surface area is 182 Å². The molecule has 31 heavy (non-hydrogen) atoms. The van der Waals surface area contributed by atoms with Gasteiger partial charge < -0.3 is 4.98 Å². The van der Waals surface area contributed by atoms with Gasteiger partial charge in [-0.1, -0.05) is 33.8 Å². The van der Waals surface area contributed by atoms with Crippen molar-refractivity contribution in [3.63, 3.8) is 0 Å². The quantitative estimate of drug-likeness (QED) is 0.524. The Hall–Kier alpha value is -3.15. The molecule has 1 aliphatic carbocycles. The van der Waals surface area contributed by atoms with E-state index in [1.54, 1.807) is 18.5 Å². The molecule has 0 saturated carbocycles. The number of allylic oxidation sites excluding steroid dienone is 2. The van der Waals surface area contributed by atoms with Crippen molar-refractivity contribution in [3.8, 4) is 0 Å². The number of rotatable bonds is 6. The summed E-state index contributed by atoms with van der Waals surface area (Å²) >= 11 is 0. The summed E-state index contributed by atoms with van der Waals surface area (Å²) in [7, 11) is 0. The van der Waals surface area contributed by atoms with Gasteiger partial charge in [0.05, 0.1) is 23.1 Å². The van der Waals surface area contributed by atoms with Gasteiger partial charge in [-0.3, -0.25) is 9.59 Å². The summed E-state index contributed by atoms with van der Waals surface area (Å²) in [6.07, 6.45) is 7.53. The topological polar surface area (TPSA) is 88.6 Å². The highest BCUT2D eigenvalue weighted by atomic mass is 16.1. The predicted molar refractivity (Wildman–Crippen MR) is 122 cm³/mol. The van der Waals surface area contributed by atoms with Crippen molar-refractivity contribution in [3.05, 3.63) is 53.2 Å². The van der Waals surface area contributed by atoms with Crippen LogP contribution in [-0.2, 0) is 0 Å². The van der Waals surface area contributed by atoms with Crippen LogP contribution >= 0.6 is 0 Å². The van der Waals surface area contributed by atoms with Crippen molar-refractivity contribution < 1.29 is 9.59 Å². The number of carbonyl (C=O) groups is 2. The minimum Gasteiger partial charge on any atom is -0.344 e. The van der Waals surface area contributed by atoms with Crippen molar-refractivity contribution in [2.75, 3.05) is 0 Å². The number of ketones is 2. The van der Waals surface area contributed by atoms with Gasteiger partial charge in [-0.2, -0.15) is 0 Å². The molecule has 0 aliphatic heterocycles. The Morgan fingerprint density at radius 2 is 1.81 bits per heavy atom. The molecule has 0 saturated heterocycles. The van der Waals surface area contributed by atoms with Crippen LogP contribution in [0.25, 0.3) is 22.3 Å². The van der Waals surface area contributed by atoms with Gasteiger partial charge in [0, 0.05) is 18.0 Å². The van der Waals surface area contributed by atoms with Crippen LogP contribution in [0.5, 0.6) is 0 Å². The number of nitrogens with one attached hydrogen (secondary N) is 1. The average Bonchev–Trinajstić information content (AvgIpc) is 3.39. The van der Waals surface area contributed by atoms with Gasteiger partial charge in [-0.05, 0) is 49.0 Å². The summed E-state index contributed by atoms with van der Waals surface area (Å²) in [5.41, 5.74) is 5.62. The van der Waals surface area contributed by atoms with Crippen molar-refractivity contribution in [1.29, 1.82) is 0 Å². The number of hydrogen-bond donors (Lipinski definition) is 1. The molecule has 6 nitrogen and oxygen atoms in total. The first-order valence-electron chi connectivity index (χ1n) is 10.9. The zero-order chi connectivity index (χ0) is 22.2. The standard InChI is InChI=1S/C25H28N4O2/c1-5-8-21(30)19-12-7-11-18(28-19)15-9-6-10-16(15)20-14-27-24-22(29-20)17(13-26-24)23(31)25(2,3)4/h7,11-14H,5-6,8-10H2,1-4H3,(H,26,27). The molecule has 3 heterocycles. The number of Topliss-reactive ketones (excluding diaryl/α,β-unsaturated/α-hetero) is 2. The molecule has 4 rings (SSSR count). The Morgan fingerprint density at radius 1 is 1.06 bits per heavy atom. The van der Waals surface area contributed by atoms with Gasteiger partial charge in [0.2, 0.25) is 0 Å². The van der Waals surface area contributed by atoms with E-state index in [1.807, 2.05) is 39.8 Å². The van der Waals surface area contributed by atoms with Crippen LogP contribution in [0.3, 0.4) is 0 Å². The van der Waals surface area contributed by atoms with Gasteiger partial charge in [0.1, 0.15) is 11.2 Å². The van der Waals surface area contributed by atoms with Crippen LogP contribution in [0.1, 0.15) is 92.0 Å². The highest BCUT2D eigenvalue weighted by molar-refractivity contribution is 6.08. The van der Waals surface area contributed by atoms with Gasteiger partial charge in [0.15, 0.2) is 17.2 Å². The summed E-state index contributed by atoms with van der Waals surface area (Å²) in [6.45, 7) is 7.71. The maximum absolute atomic E-state index is 12.9. The minimum atomic E-state index is -0.500. The zero-order valence-electron chi connectivity index (χ0n) is 18.6. The first kappa shape index (κ1) is 21.1. The van der Waals surface area contributed by atoms with Crippen LogP contribution in [0, 0.1) is 5.41 Å². The fourth-order valence-electron chi connectivity index (χ4n) is 4.04. The molecular weight excluding hydrogens is 388 g/mol. The van der Waals surface area contributed by atoms with Gasteiger partial charge in [0.25, 0.3) is 0 Å². The lowest BCUT2D eigenvalue weighted by atomic mass is 9.87. The van der Waals surface area contributed by atoms with E-state index in [0.717, 1.165) is 48.2 Å². The first-order valence-corrected chi connectivity index (χ1v) is 10.9. The number of nitrogens with zero attached hydrogens (tertiary/aromatic N) is 3. The second kappa shape index (κ2) is 8.17. The van der Waals surface area contributed by atoms with E-state index in [4.69, 9.17) is 4.98 Å². The molecule has 0 atom stereocenters. The number of hydrogen-bond acceptors (Lipinski definition) is 5. The Bertz CT molecular complexity index is 1200. The lowest BCUT2D eigenvalue weighted by Crippen LogP contribution is -2.20. The van der Waals surface area contributed by atoms with Gasteiger partial charge >= 0.3 is 0 Å². The number of pyridine rings is 1. The molecule has 0 aromatic carbocycles. The van der Waals surface area contributed by atoms with Crippen LogP contribution < -0.4 is 0 Å². The minimum absolute atomic E-state index is 0.0367. The number of H-pyrrole nitrogens is 1. The second-order valence-electron chi connectivity index (χ2n) is 9.13. The molecule has 1 aliphatic rings. The van der Waals surface area contributed by atoms with Crippen molar-refractivity contribution in [2.24, 2.45) is 5.41 Å². The maximum atomic E-state index is 12.9. The van der Waals surface area contributed by atoms with E-state index in [9.17, 15) is 9.59 Å². The molecule has 0 bridgehead atoms. The summed E-state index contributed by atoms with van der Waals surface area (Å²) in [5.74, 6) is 0.109. The van der Waals surface area contributed by atoms with Crippen molar-refractivity contribution in [2.45, 2.75) is 59.8 Å². The fraction of sp³-hybridized carbons (Fsp3) is 0.400. The van der Waals surface area contributed by atoms with Crippen molar-refractivity contribution >= 4 is 33.9 Å². The third-order valence-electron chi connectivity index (χ3n) is 5.65. The molecule has 6 heteroatoms. The highest BCUT2D eigenvalue weighted by Gasteiger charge is 2.27. The number of carbonyl (C=O) groups excluding carboxylic acids is 2. The molecule has 0 fully saturated rings. The molecule has 1 N–H and O–H groups in total. The largest absolute Gasteiger partial charge is 0.344 e. The number of fused-ring (bicyclic) bond motifs is 1. The average molecular weight is 417 g/mol. The first-order chi connectivity index (χ1) is 14.8. The zero-order valence-corrected chi connectivity index (χ0v) is 18.6. The lowest BCUT2D eigenvalue weighted by Gasteiger charge is -2.15. The summed E-state index contributed by atoms with van der Waals surface area (Å²) in [5, 5.41) is 0. The smallest absolute Gasteiger partial charge is 0.181 e. The summed E-state index contributed by atoms with van der Waals surface area (Å²) in [4.78, 5) is 42.3. The lowest BCUT2D eigenvalue weighted by molar-refractivity contribution is 0.0859. The monoisotopic (exact) mass is 416 g/mol. The van der Waals surface area contributed by atoms with E-state index >= 15 is 0 Å². The Kier molecular flexibility index (Phi) is 5.56. The van der Waals surface area contributed by atoms with E-state index in [-0.39, 0.29) is 11.6 Å². The van der Waals surface area contributed by atoms with Crippen LogP contribution in [-0.4, -0.2) is 31.5 Å². The third kappa shape index (κ3) is 4.07. The third-order valence-corrected chi connectivity index (χ3v) is 5.65. The molecule has 0 unspecified atom stereocenters. The highest BCUT2D eigenvalue weighted by Crippen LogP contribution is 2.39. The van der Waals surface area contributed by atoms with E-state index in [1.165, 1.54) is 0 Å². The Balaban J connectivity index is 1.78. The fourth-order valence-corrected chi connectivity index (χ4v) is 4.04. The van der Waals surface area contributed by atoms with Gasteiger partial charge in [-0.15, -0.1) is 0 Å². The molecular formula is C25H28N4O2. The molecule has 0 amide bonds. The van der Waals surface area contributed by atoms with E-state index < -0.39 is 5.41 Å². The van der Waals surface area contributed by atoms with Crippen LogP contribution in [0.15, 0.2) is 30.6 Å². The molecule has 3 aromatic rings. The van der Waals surface area contributed by atoms with Crippen molar-refractivity contribution in [1.82, 2.24) is 19.9 Å². The molecule has 3 aromatic heterocycles. The molecule has 160 valence electrons. The van der Waals surface area contributed by atoms with E-state index in [0.29, 0.717) is 28.8 Å². The molecule has 0 spiro atoms. The van der Waals surface area contributed by atoms with E-state index in [2.05, 4.69) is 15.0 Å². The van der Waals surface area contributed by atoms with Crippen LogP contribution in [0.4, 0.5) is 0 Å². The normalized spacial score (nSPS) is 14.5. The number of aromatic nitrogens is 4. The van der Waals surface area contributed by atoms with Crippen LogP contribution in [0.2, 0.25) is 0 Å². The number of aromatic amines is 1. The molecule has 0 radical (unpaired) electrons.